The van der Waals surface area contributed by atoms with Crippen LogP contribution in [0.4, 0.5) is 11.5 Å². The van der Waals surface area contributed by atoms with E-state index < -0.39 is 4.92 Å². The molecule has 17 heavy (non-hydrogen) atoms. The Morgan fingerprint density at radius 1 is 1.53 bits per heavy atom. The van der Waals surface area contributed by atoms with Crippen molar-refractivity contribution in [3.05, 3.63) is 27.9 Å². The molecule has 0 saturated heterocycles. The van der Waals surface area contributed by atoms with Gasteiger partial charge >= 0.3 is 0 Å². The molecule has 0 aromatic carbocycles. The third-order valence-electron chi connectivity index (χ3n) is 2.23. The van der Waals surface area contributed by atoms with Crippen molar-refractivity contribution in [2.24, 2.45) is 0 Å². The molecule has 0 aliphatic carbocycles. The number of aromatic nitrogens is 1. The maximum atomic E-state index is 10.6. The summed E-state index contributed by atoms with van der Waals surface area (Å²) in [7, 11) is 1.62. The summed E-state index contributed by atoms with van der Waals surface area (Å²) in [6.45, 7) is 6.07. The molecular weight excluding hydrogens is 222 g/mol. The Hall–Kier alpha value is -1.69. The second-order valence-electron chi connectivity index (χ2n) is 4.50. The number of ether oxygens (including phenoxy) is 1. The zero-order valence-electron chi connectivity index (χ0n) is 10.5. The zero-order chi connectivity index (χ0) is 13.1. The van der Waals surface area contributed by atoms with Gasteiger partial charge in [0.15, 0.2) is 0 Å². The van der Waals surface area contributed by atoms with Gasteiger partial charge in [0.2, 0.25) is 0 Å². The largest absolute Gasteiger partial charge is 0.382 e. The fraction of sp³-hybridized carbons (Fsp3) is 0.545. The minimum absolute atomic E-state index is 0.0279. The van der Waals surface area contributed by atoms with Crippen LogP contribution in [0.3, 0.4) is 0 Å². The molecule has 0 atom stereocenters. The van der Waals surface area contributed by atoms with Gasteiger partial charge < -0.3 is 10.1 Å². The standard InChI is InChI=1S/C11H17N3O3/c1-8-9(14(15)16)5-6-10(12-8)13-11(2,3)7-17-4/h5-6H,7H2,1-4H3,(H,12,13). The van der Waals surface area contributed by atoms with Gasteiger partial charge in [-0.1, -0.05) is 0 Å². The highest BCUT2D eigenvalue weighted by atomic mass is 16.6. The molecule has 0 spiro atoms. The van der Waals surface area contributed by atoms with Crippen LogP contribution in [0.5, 0.6) is 0 Å². The summed E-state index contributed by atoms with van der Waals surface area (Å²) in [5.74, 6) is 0.607. The number of nitrogens with zero attached hydrogens (tertiary/aromatic N) is 2. The van der Waals surface area contributed by atoms with E-state index in [-0.39, 0.29) is 11.2 Å². The normalized spacial score (nSPS) is 11.3. The van der Waals surface area contributed by atoms with E-state index in [1.807, 2.05) is 13.8 Å². The Labute approximate surface area is 100 Å². The minimum Gasteiger partial charge on any atom is -0.382 e. The summed E-state index contributed by atoms with van der Waals surface area (Å²) in [6, 6.07) is 3.05. The first kappa shape index (κ1) is 13.4. The molecule has 94 valence electrons. The van der Waals surface area contributed by atoms with E-state index in [2.05, 4.69) is 10.3 Å². The lowest BCUT2D eigenvalue weighted by molar-refractivity contribution is -0.385. The first-order valence-electron chi connectivity index (χ1n) is 5.25. The molecule has 0 fully saturated rings. The Bertz CT molecular complexity index is 418. The third-order valence-corrected chi connectivity index (χ3v) is 2.23. The Balaban J connectivity index is 2.88. The number of aryl methyl sites for hydroxylation is 1. The minimum atomic E-state index is -0.438. The quantitative estimate of drug-likeness (QED) is 0.629. The molecule has 0 unspecified atom stereocenters. The summed E-state index contributed by atoms with van der Waals surface area (Å²) < 4.78 is 5.07. The molecule has 6 heteroatoms. The molecule has 0 bridgehead atoms. The molecule has 0 aliphatic rings. The monoisotopic (exact) mass is 239 g/mol. The van der Waals surface area contributed by atoms with Crippen molar-refractivity contribution in [2.75, 3.05) is 19.0 Å². The van der Waals surface area contributed by atoms with Crippen LogP contribution in [0.2, 0.25) is 0 Å². The number of hydrogen-bond acceptors (Lipinski definition) is 5. The molecule has 0 radical (unpaired) electrons. The SMILES string of the molecule is COCC(C)(C)Nc1ccc([N+](=O)[O-])c(C)n1. The average Bonchev–Trinajstić information content (AvgIpc) is 2.15. The number of rotatable bonds is 5. The molecule has 1 N–H and O–H groups in total. The Kier molecular flexibility index (Phi) is 4.01. The molecule has 0 aliphatic heterocycles. The van der Waals surface area contributed by atoms with E-state index in [1.165, 1.54) is 6.07 Å². The van der Waals surface area contributed by atoms with Crippen LogP contribution < -0.4 is 5.32 Å². The highest BCUT2D eigenvalue weighted by Gasteiger charge is 2.19. The van der Waals surface area contributed by atoms with Gasteiger partial charge in [0.1, 0.15) is 11.5 Å². The van der Waals surface area contributed by atoms with Crippen LogP contribution in [0.25, 0.3) is 0 Å². The van der Waals surface area contributed by atoms with E-state index in [0.717, 1.165) is 0 Å². The molecule has 0 amide bonds. The smallest absolute Gasteiger partial charge is 0.290 e. The average molecular weight is 239 g/mol. The van der Waals surface area contributed by atoms with Gasteiger partial charge in [0, 0.05) is 13.2 Å². The molecule has 1 aromatic rings. The van der Waals surface area contributed by atoms with Crippen LogP contribution in [-0.4, -0.2) is 29.2 Å². The van der Waals surface area contributed by atoms with E-state index in [9.17, 15) is 10.1 Å². The van der Waals surface area contributed by atoms with E-state index in [1.54, 1.807) is 20.1 Å². The second-order valence-corrected chi connectivity index (χ2v) is 4.50. The first-order chi connectivity index (χ1) is 7.85. The fourth-order valence-electron chi connectivity index (χ4n) is 1.56. The van der Waals surface area contributed by atoms with Crippen molar-refractivity contribution in [1.82, 2.24) is 4.98 Å². The van der Waals surface area contributed by atoms with Gasteiger partial charge in [-0.05, 0) is 26.8 Å². The highest BCUT2D eigenvalue weighted by Crippen LogP contribution is 2.20. The van der Waals surface area contributed by atoms with Crippen molar-refractivity contribution in [2.45, 2.75) is 26.3 Å². The molecular formula is C11H17N3O3. The van der Waals surface area contributed by atoms with Crippen LogP contribution in [-0.2, 0) is 4.74 Å². The number of anilines is 1. The lowest BCUT2D eigenvalue weighted by atomic mass is 10.1. The second kappa shape index (κ2) is 5.09. The highest BCUT2D eigenvalue weighted by molar-refractivity contribution is 5.46. The first-order valence-corrected chi connectivity index (χ1v) is 5.25. The van der Waals surface area contributed by atoms with Crippen LogP contribution in [0.1, 0.15) is 19.5 Å². The molecule has 0 saturated carbocycles. The van der Waals surface area contributed by atoms with Crippen LogP contribution >= 0.6 is 0 Å². The third kappa shape index (κ3) is 3.67. The maximum absolute atomic E-state index is 10.6. The number of nitro groups is 1. The summed E-state index contributed by atoms with van der Waals surface area (Å²) >= 11 is 0. The number of nitrogens with one attached hydrogen (secondary N) is 1. The van der Waals surface area contributed by atoms with Crippen molar-refractivity contribution < 1.29 is 9.66 Å². The van der Waals surface area contributed by atoms with Crippen molar-refractivity contribution in [3.63, 3.8) is 0 Å². The summed E-state index contributed by atoms with van der Waals surface area (Å²) in [6.07, 6.45) is 0. The summed E-state index contributed by atoms with van der Waals surface area (Å²) in [4.78, 5) is 14.4. The van der Waals surface area contributed by atoms with Gasteiger partial charge in [-0.15, -0.1) is 0 Å². The van der Waals surface area contributed by atoms with Gasteiger partial charge in [0.25, 0.3) is 5.69 Å². The lowest BCUT2D eigenvalue weighted by Crippen LogP contribution is -2.36. The number of pyridine rings is 1. The molecule has 1 heterocycles. The predicted octanol–water partition coefficient (Wildman–Crippen LogP) is 2.14. The Morgan fingerprint density at radius 2 is 2.18 bits per heavy atom. The van der Waals surface area contributed by atoms with E-state index in [0.29, 0.717) is 18.1 Å². The topological polar surface area (TPSA) is 77.3 Å². The van der Waals surface area contributed by atoms with E-state index >= 15 is 0 Å². The van der Waals surface area contributed by atoms with Crippen molar-refractivity contribution in [3.8, 4) is 0 Å². The predicted molar refractivity (Wildman–Crippen MR) is 65.2 cm³/mol. The van der Waals surface area contributed by atoms with E-state index in [4.69, 9.17) is 4.74 Å². The Morgan fingerprint density at radius 3 is 2.65 bits per heavy atom. The van der Waals surface area contributed by atoms with Gasteiger partial charge in [-0.3, -0.25) is 10.1 Å². The fourth-order valence-corrected chi connectivity index (χ4v) is 1.56. The molecule has 1 aromatic heterocycles. The summed E-state index contributed by atoms with van der Waals surface area (Å²) in [5.41, 5.74) is 0.151. The van der Waals surface area contributed by atoms with Gasteiger partial charge in [0.05, 0.1) is 17.1 Å². The van der Waals surface area contributed by atoms with Crippen molar-refractivity contribution in [1.29, 1.82) is 0 Å². The number of methoxy groups -OCH3 is 1. The molecule has 1 rings (SSSR count). The number of hydrogen-bond donors (Lipinski definition) is 1. The lowest BCUT2D eigenvalue weighted by Gasteiger charge is -2.25. The van der Waals surface area contributed by atoms with Crippen molar-refractivity contribution >= 4 is 11.5 Å². The van der Waals surface area contributed by atoms with Gasteiger partial charge in [-0.2, -0.15) is 0 Å². The molecule has 6 nitrogen and oxygen atoms in total. The maximum Gasteiger partial charge on any atom is 0.290 e. The van der Waals surface area contributed by atoms with Crippen LogP contribution in [0.15, 0.2) is 12.1 Å². The zero-order valence-corrected chi connectivity index (χ0v) is 10.5. The van der Waals surface area contributed by atoms with Gasteiger partial charge in [-0.25, -0.2) is 4.98 Å². The van der Waals surface area contributed by atoms with Crippen LogP contribution in [0, 0.1) is 17.0 Å². The summed E-state index contributed by atoms with van der Waals surface area (Å²) in [5, 5.41) is 13.8.